The van der Waals surface area contributed by atoms with Gasteiger partial charge in [0.1, 0.15) is 0 Å². The van der Waals surface area contributed by atoms with Crippen molar-refractivity contribution in [3.8, 4) is 12.3 Å². The van der Waals surface area contributed by atoms with Crippen LogP contribution in [0.3, 0.4) is 0 Å². The first-order valence-corrected chi connectivity index (χ1v) is 6.17. The lowest BCUT2D eigenvalue weighted by Gasteiger charge is -2.04. The van der Waals surface area contributed by atoms with E-state index in [0.29, 0.717) is 13.0 Å². The van der Waals surface area contributed by atoms with E-state index in [1.165, 1.54) is 7.11 Å². The zero-order valence-electron chi connectivity index (χ0n) is 8.45. The van der Waals surface area contributed by atoms with Crippen LogP contribution in [0, 0.1) is 12.3 Å². The second-order valence-corrected chi connectivity index (χ2v) is 4.79. The van der Waals surface area contributed by atoms with E-state index in [1.807, 2.05) is 0 Å². The minimum absolute atomic E-state index is 0.0125. The van der Waals surface area contributed by atoms with Crippen LogP contribution in [0.15, 0.2) is 0 Å². The van der Waals surface area contributed by atoms with Crippen molar-refractivity contribution in [2.75, 3.05) is 26.0 Å². The van der Waals surface area contributed by atoms with Crippen LogP contribution >= 0.6 is 0 Å². The smallest absolute Gasteiger partial charge is 0.213 e. The molecule has 4 nitrogen and oxygen atoms in total. The van der Waals surface area contributed by atoms with Gasteiger partial charge in [-0.1, -0.05) is 0 Å². The summed E-state index contributed by atoms with van der Waals surface area (Å²) in [6.07, 6.45) is 7.38. The Bertz CT molecular complexity index is 266. The largest absolute Gasteiger partial charge is 0.384 e. The molecule has 0 amide bonds. The first-order valence-electron chi connectivity index (χ1n) is 4.52. The molecule has 0 aromatic carbocycles. The van der Waals surface area contributed by atoms with Crippen molar-refractivity contribution in [1.82, 2.24) is 4.72 Å². The fraction of sp³-hybridized carbons (Fsp3) is 0.778. The quantitative estimate of drug-likeness (QED) is 0.473. The predicted molar refractivity (Wildman–Crippen MR) is 56.3 cm³/mol. The van der Waals surface area contributed by atoms with Crippen molar-refractivity contribution in [3.05, 3.63) is 0 Å². The second kappa shape index (κ2) is 7.80. The summed E-state index contributed by atoms with van der Waals surface area (Å²) in [7, 11) is -1.68. The summed E-state index contributed by atoms with van der Waals surface area (Å²) in [5.74, 6) is 2.51. The molecule has 5 heteroatoms. The Balaban J connectivity index is 3.52. The minimum atomic E-state index is -3.16. The van der Waals surface area contributed by atoms with E-state index >= 15 is 0 Å². The van der Waals surface area contributed by atoms with E-state index in [4.69, 9.17) is 6.42 Å². The maximum absolute atomic E-state index is 11.2. The summed E-state index contributed by atoms with van der Waals surface area (Å²) >= 11 is 0. The van der Waals surface area contributed by atoms with Crippen LogP contribution in [0.25, 0.3) is 0 Å². The van der Waals surface area contributed by atoms with Crippen LogP contribution in [0.1, 0.15) is 19.3 Å². The summed E-state index contributed by atoms with van der Waals surface area (Å²) in [6, 6.07) is 0. The van der Waals surface area contributed by atoms with Crippen LogP contribution in [-0.2, 0) is 14.8 Å². The summed E-state index contributed by atoms with van der Waals surface area (Å²) in [4.78, 5) is 0. The van der Waals surface area contributed by atoms with Gasteiger partial charge in [0.15, 0.2) is 0 Å². The number of hydrogen-bond donors (Lipinski definition) is 1. The summed E-state index contributed by atoms with van der Waals surface area (Å²) < 4.78 is 29.5. The monoisotopic (exact) mass is 219 g/mol. The van der Waals surface area contributed by atoms with E-state index in [0.717, 1.165) is 12.8 Å². The highest BCUT2D eigenvalue weighted by Crippen LogP contribution is 1.93. The van der Waals surface area contributed by atoms with E-state index in [9.17, 15) is 8.42 Å². The van der Waals surface area contributed by atoms with Gasteiger partial charge >= 0.3 is 0 Å². The zero-order chi connectivity index (χ0) is 10.9. The van der Waals surface area contributed by atoms with E-state index in [-0.39, 0.29) is 12.4 Å². The van der Waals surface area contributed by atoms with Crippen molar-refractivity contribution >= 4 is 10.0 Å². The van der Waals surface area contributed by atoms with Crippen molar-refractivity contribution in [2.45, 2.75) is 19.3 Å². The minimum Gasteiger partial charge on any atom is -0.384 e. The first-order chi connectivity index (χ1) is 6.62. The topological polar surface area (TPSA) is 55.4 Å². The third kappa shape index (κ3) is 8.05. The molecule has 0 heterocycles. The third-order valence-corrected chi connectivity index (χ3v) is 2.97. The number of methoxy groups -OCH3 is 1. The van der Waals surface area contributed by atoms with E-state index in [2.05, 4.69) is 15.4 Å². The maximum atomic E-state index is 11.2. The Kier molecular flexibility index (Phi) is 7.48. The zero-order valence-corrected chi connectivity index (χ0v) is 9.27. The predicted octanol–water partition coefficient (Wildman–Crippen LogP) is 0.356. The lowest BCUT2D eigenvalue weighted by atomic mass is 10.2. The van der Waals surface area contributed by atoms with Crippen LogP contribution in [0.4, 0.5) is 0 Å². The molecule has 1 N–H and O–H groups in total. The van der Waals surface area contributed by atoms with Gasteiger partial charge in [-0.3, -0.25) is 0 Å². The van der Waals surface area contributed by atoms with E-state index < -0.39 is 10.0 Å². The lowest BCUT2D eigenvalue weighted by Crippen LogP contribution is -2.29. The maximum Gasteiger partial charge on any atom is 0.213 e. The number of unbranched alkanes of at least 4 members (excludes halogenated alkanes) is 2. The van der Waals surface area contributed by atoms with Crippen molar-refractivity contribution in [1.29, 1.82) is 0 Å². The molecule has 0 fully saturated rings. The fourth-order valence-electron chi connectivity index (χ4n) is 0.845. The van der Waals surface area contributed by atoms with Crippen LogP contribution in [0.5, 0.6) is 0 Å². The highest BCUT2D eigenvalue weighted by molar-refractivity contribution is 7.89. The fourth-order valence-corrected chi connectivity index (χ4v) is 1.83. The molecule has 14 heavy (non-hydrogen) atoms. The standard InChI is InChI=1S/C9H17NO3S/c1-3-4-5-6-7-10-14(11,12)9-8-13-2/h1,10H,4-9H2,2H3. The SMILES string of the molecule is C#CCCCCNS(=O)(=O)CCOC. The molecule has 0 radical (unpaired) electrons. The Morgan fingerprint density at radius 1 is 1.43 bits per heavy atom. The van der Waals surface area contributed by atoms with Gasteiger partial charge in [0.25, 0.3) is 0 Å². The molecule has 0 aliphatic carbocycles. The Morgan fingerprint density at radius 3 is 2.71 bits per heavy atom. The number of sulfonamides is 1. The van der Waals surface area contributed by atoms with Gasteiger partial charge < -0.3 is 4.74 Å². The van der Waals surface area contributed by atoms with Gasteiger partial charge in [-0.2, -0.15) is 0 Å². The van der Waals surface area contributed by atoms with Gasteiger partial charge in [0.05, 0.1) is 12.4 Å². The van der Waals surface area contributed by atoms with Crippen LogP contribution < -0.4 is 4.72 Å². The third-order valence-electron chi connectivity index (χ3n) is 1.63. The first kappa shape index (κ1) is 13.4. The lowest BCUT2D eigenvalue weighted by molar-refractivity contribution is 0.217. The highest BCUT2D eigenvalue weighted by Gasteiger charge is 2.07. The van der Waals surface area contributed by atoms with Gasteiger partial charge in [-0.15, -0.1) is 12.3 Å². The summed E-state index contributed by atoms with van der Waals surface area (Å²) in [5, 5.41) is 0. The molecule has 82 valence electrons. The van der Waals surface area contributed by atoms with Gasteiger partial charge in [0.2, 0.25) is 10.0 Å². The molecule has 0 atom stereocenters. The molecule has 0 aromatic heterocycles. The molecule has 0 saturated carbocycles. The summed E-state index contributed by atoms with van der Waals surface area (Å²) in [6.45, 7) is 0.674. The van der Waals surface area contributed by atoms with Crippen molar-refractivity contribution < 1.29 is 13.2 Å². The Labute approximate surface area is 86.1 Å². The number of ether oxygens (including phenoxy) is 1. The molecule has 0 rings (SSSR count). The summed E-state index contributed by atoms with van der Waals surface area (Å²) in [5.41, 5.74) is 0. The Hall–Kier alpha value is -0.570. The molecular weight excluding hydrogens is 202 g/mol. The van der Waals surface area contributed by atoms with Crippen LogP contribution in [-0.4, -0.2) is 34.4 Å². The molecular formula is C9H17NO3S. The molecule has 0 unspecified atom stereocenters. The van der Waals surface area contributed by atoms with Crippen LogP contribution in [0.2, 0.25) is 0 Å². The molecule has 0 aliphatic heterocycles. The number of rotatable bonds is 8. The molecule has 0 aliphatic rings. The van der Waals surface area contributed by atoms with Gasteiger partial charge in [-0.25, -0.2) is 13.1 Å². The average molecular weight is 219 g/mol. The number of terminal acetylenes is 1. The molecule has 0 saturated heterocycles. The molecule has 0 aromatic rings. The van der Waals surface area contributed by atoms with Gasteiger partial charge in [-0.05, 0) is 12.8 Å². The van der Waals surface area contributed by atoms with Crippen molar-refractivity contribution in [3.63, 3.8) is 0 Å². The normalized spacial score (nSPS) is 11.1. The van der Waals surface area contributed by atoms with Gasteiger partial charge in [0, 0.05) is 20.1 Å². The van der Waals surface area contributed by atoms with E-state index in [1.54, 1.807) is 0 Å². The number of nitrogens with one attached hydrogen (secondary N) is 1. The number of hydrogen-bond acceptors (Lipinski definition) is 3. The highest BCUT2D eigenvalue weighted by atomic mass is 32.2. The Morgan fingerprint density at radius 2 is 2.14 bits per heavy atom. The van der Waals surface area contributed by atoms with Crippen molar-refractivity contribution in [2.24, 2.45) is 0 Å². The molecule has 0 bridgehead atoms. The second-order valence-electron chi connectivity index (χ2n) is 2.87. The molecule has 0 spiro atoms. The average Bonchev–Trinajstić information content (AvgIpc) is 2.15.